The topological polar surface area (TPSA) is 56.3 Å². The van der Waals surface area contributed by atoms with E-state index in [-0.39, 0.29) is 11.7 Å². The number of anilines is 1. The predicted octanol–water partition coefficient (Wildman–Crippen LogP) is 5.00. The summed E-state index contributed by atoms with van der Waals surface area (Å²) < 4.78 is 0.912. The number of hydrogen-bond donors (Lipinski definition) is 2. The minimum Gasteiger partial charge on any atom is -0.506 e. The fraction of sp³-hybridized carbons (Fsp3) is 0.136. The van der Waals surface area contributed by atoms with E-state index in [1.54, 1.807) is 28.4 Å². The number of aryl methyl sites for hydroxylation is 1. The Bertz CT molecular complexity index is 1230. The highest BCUT2D eigenvalue weighted by molar-refractivity contribution is 7.17. The van der Waals surface area contributed by atoms with Crippen LogP contribution < -0.4 is 4.90 Å². The molecule has 2 aromatic carbocycles. The standard InChI is InChI=1S/C22H18N2O2S/c1-13-12-27-22-19(25)10-18-16(21(13)22)8-9-24(18)20(26)7-6-14-11-23-17-5-3-2-4-15(14)17/h2-7,10-12,23,25H,8-9H2,1H3/b7-6+. The third-order valence-corrected chi connectivity index (χ3v) is 6.38. The Morgan fingerprint density at radius 3 is 3.07 bits per heavy atom. The van der Waals surface area contributed by atoms with Crippen LogP contribution in [-0.4, -0.2) is 22.5 Å². The highest BCUT2D eigenvalue weighted by Crippen LogP contribution is 2.43. The summed E-state index contributed by atoms with van der Waals surface area (Å²) in [7, 11) is 0. The number of aromatic amines is 1. The molecular weight excluding hydrogens is 356 g/mol. The zero-order valence-electron chi connectivity index (χ0n) is 14.8. The molecule has 0 fully saturated rings. The van der Waals surface area contributed by atoms with Gasteiger partial charge in [0.15, 0.2) is 0 Å². The zero-order valence-corrected chi connectivity index (χ0v) is 15.6. The van der Waals surface area contributed by atoms with Crippen LogP contribution in [0.5, 0.6) is 5.75 Å². The number of rotatable bonds is 2. The monoisotopic (exact) mass is 374 g/mol. The van der Waals surface area contributed by atoms with Gasteiger partial charge in [0.2, 0.25) is 0 Å². The molecule has 1 aliphatic rings. The minimum absolute atomic E-state index is 0.0642. The van der Waals surface area contributed by atoms with Crippen LogP contribution in [0.4, 0.5) is 5.69 Å². The Balaban J connectivity index is 1.50. The number of H-pyrrole nitrogens is 1. The first-order valence-corrected chi connectivity index (χ1v) is 9.80. The highest BCUT2D eigenvalue weighted by Gasteiger charge is 2.27. The van der Waals surface area contributed by atoms with Gasteiger partial charge in [0.1, 0.15) is 5.75 Å². The third-order valence-electron chi connectivity index (χ3n) is 5.26. The molecule has 0 saturated heterocycles. The largest absolute Gasteiger partial charge is 0.506 e. The van der Waals surface area contributed by atoms with Crippen LogP contribution in [0.2, 0.25) is 0 Å². The van der Waals surface area contributed by atoms with E-state index in [1.807, 2.05) is 36.5 Å². The average Bonchev–Trinajstić information content (AvgIpc) is 3.37. The quantitative estimate of drug-likeness (QED) is 0.485. The summed E-state index contributed by atoms with van der Waals surface area (Å²) in [5, 5.41) is 14.7. The highest BCUT2D eigenvalue weighted by atomic mass is 32.1. The SMILES string of the molecule is Cc1csc2c(O)cc3c(c12)CCN3C(=O)/C=C/c1c[nH]c2ccccc12. The molecule has 0 atom stereocenters. The van der Waals surface area contributed by atoms with Crippen molar-refractivity contribution < 1.29 is 9.90 Å². The number of carbonyl (C=O) groups excluding carboxylic acids is 1. The molecule has 2 aromatic heterocycles. The van der Waals surface area contributed by atoms with Gasteiger partial charge in [0, 0.05) is 41.2 Å². The number of carbonyl (C=O) groups is 1. The van der Waals surface area contributed by atoms with E-state index < -0.39 is 0 Å². The number of fused-ring (bicyclic) bond motifs is 4. The molecule has 1 aliphatic heterocycles. The second-order valence-corrected chi connectivity index (χ2v) is 7.76. The van der Waals surface area contributed by atoms with E-state index in [1.165, 1.54) is 0 Å². The number of benzene rings is 2. The van der Waals surface area contributed by atoms with E-state index in [4.69, 9.17) is 0 Å². The van der Waals surface area contributed by atoms with Gasteiger partial charge in [-0.1, -0.05) is 18.2 Å². The van der Waals surface area contributed by atoms with Gasteiger partial charge in [0.25, 0.3) is 5.91 Å². The van der Waals surface area contributed by atoms with Crippen LogP contribution in [0.1, 0.15) is 16.7 Å². The Kier molecular flexibility index (Phi) is 3.58. The van der Waals surface area contributed by atoms with Crippen molar-refractivity contribution >= 4 is 50.0 Å². The van der Waals surface area contributed by atoms with E-state index in [0.29, 0.717) is 6.54 Å². The average molecular weight is 374 g/mol. The van der Waals surface area contributed by atoms with E-state index in [0.717, 1.165) is 49.8 Å². The van der Waals surface area contributed by atoms with Crippen molar-refractivity contribution in [2.24, 2.45) is 0 Å². The molecule has 2 N–H and O–H groups in total. The molecule has 1 amide bonds. The first-order valence-electron chi connectivity index (χ1n) is 8.92. The molecular formula is C22H18N2O2S. The first kappa shape index (κ1) is 16.1. The number of phenols is 1. The van der Waals surface area contributed by atoms with Crippen molar-refractivity contribution in [2.75, 3.05) is 11.4 Å². The number of amides is 1. The maximum absolute atomic E-state index is 12.9. The molecule has 0 saturated carbocycles. The summed E-state index contributed by atoms with van der Waals surface area (Å²) in [5.41, 5.74) is 5.19. The lowest BCUT2D eigenvalue weighted by molar-refractivity contribution is -0.114. The van der Waals surface area contributed by atoms with Crippen LogP contribution in [-0.2, 0) is 11.2 Å². The Labute approximate surface area is 160 Å². The third kappa shape index (κ3) is 2.46. The summed E-state index contributed by atoms with van der Waals surface area (Å²) in [5.74, 6) is 0.188. The summed E-state index contributed by atoms with van der Waals surface area (Å²) in [6.07, 6.45) is 6.20. The number of para-hydroxylation sites is 1. The number of aromatic nitrogens is 1. The maximum Gasteiger partial charge on any atom is 0.251 e. The van der Waals surface area contributed by atoms with Gasteiger partial charge in [-0.2, -0.15) is 0 Å². The zero-order chi connectivity index (χ0) is 18.5. The van der Waals surface area contributed by atoms with Gasteiger partial charge in [-0.25, -0.2) is 0 Å². The molecule has 4 nitrogen and oxygen atoms in total. The first-order chi connectivity index (χ1) is 13.1. The van der Waals surface area contributed by atoms with Crippen molar-refractivity contribution in [3.8, 4) is 5.75 Å². The smallest absolute Gasteiger partial charge is 0.251 e. The summed E-state index contributed by atoms with van der Waals surface area (Å²) in [4.78, 5) is 17.8. The molecule has 0 spiro atoms. The molecule has 0 aliphatic carbocycles. The molecule has 0 bridgehead atoms. The lowest BCUT2D eigenvalue weighted by atomic mass is 10.0. The van der Waals surface area contributed by atoms with Crippen molar-refractivity contribution in [3.63, 3.8) is 0 Å². The number of nitrogens with zero attached hydrogens (tertiary/aromatic N) is 1. The molecule has 3 heterocycles. The lowest BCUT2D eigenvalue weighted by Gasteiger charge is -2.16. The predicted molar refractivity (Wildman–Crippen MR) is 112 cm³/mol. The molecule has 0 unspecified atom stereocenters. The van der Waals surface area contributed by atoms with Crippen LogP contribution in [0, 0.1) is 6.92 Å². The molecule has 4 aromatic rings. The lowest BCUT2D eigenvalue weighted by Crippen LogP contribution is -2.26. The van der Waals surface area contributed by atoms with Crippen LogP contribution in [0.3, 0.4) is 0 Å². The van der Waals surface area contributed by atoms with E-state index in [9.17, 15) is 9.90 Å². The van der Waals surface area contributed by atoms with Crippen LogP contribution >= 0.6 is 11.3 Å². The fourth-order valence-corrected chi connectivity index (χ4v) is 4.96. The second kappa shape index (κ2) is 5.99. The second-order valence-electron chi connectivity index (χ2n) is 6.88. The molecule has 134 valence electrons. The minimum atomic E-state index is -0.0642. The van der Waals surface area contributed by atoms with Crippen LogP contribution in [0.15, 0.2) is 48.0 Å². The Hall–Kier alpha value is -3.05. The number of aromatic hydroxyl groups is 1. The van der Waals surface area contributed by atoms with Crippen molar-refractivity contribution in [1.29, 1.82) is 0 Å². The number of hydrogen-bond acceptors (Lipinski definition) is 3. The summed E-state index contributed by atoms with van der Waals surface area (Å²) in [6, 6.07) is 9.76. The number of thiophene rings is 1. The molecule has 27 heavy (non-hydrogen) atoms. The normalized spacial score (nSPS) is 13.9. The number of nitrogens with one attached hydrogen (secondary N) is 1. The Morgan fingerprint density at radius 2 is 2.19 bits per heavy atom. The summed E-state index contributed by atoms with van der Waals surface area (Å²) >= 11 is 1.55. The fourth-order valence-electron chi connectivity index (χ4n) is 3.97. The molecule has 5 heteroatoms. The van der Waals surface area contributed by atoms with Crippen molar-refractivity contribution in [3.05, 3.63) is 64.7 Å². The number of phenolic OH excluding ortho intramolecular Hbond substituents is 1. The maximum atomic E-state index is 12.9. The van der Waals surface area contributed by atoms with Crippen LogP contribution in [0.25, 0.3) is 27.1 Å². The van der Waals surface area contributed by atoms with E-state index in [2.05, 4.69) is 17.3 Å². The Morgan fingerprint density at radius 1 is 1.33 bits per heavy atom. The van der Waals surface area contributed by atoms with Crippen molar-refractivity contribution in [2.45, 2.75) is 13.3 Å². The van der Waals surface area contributed by atoms with Gasteiger partial charge in [-0.3, -0.25) is 4.79 Å². The van der Waals surface area contributed by atoms with Gasteiger partial charge in [-0.15, -0.1) is 11.3 Å². The van der Waals surface area contributed by atoms with Gasteiger partial charge >= 0.3 is 0 Å². The van der Waals surface area contributed by atoms with E-state index >= 15 is 0 Å². The van der Waals surface area contributed by atoms with Gasteiger partial charge in [0.05, 0.1) is 10.4 Å². The van der Waals surface area contributed by atoms with Gasteiger partial charge in [-0.05, 0) is 47.6 Å². The van der Waals surface area contributed by atoms with Crippen molar-refractivity contribution in [1.82, 2.24) is 4.98 Å². The molecule has 5 rings (SSSR count). The van der Waals surface area contributed by atoms with Gasteiger partial charge < -0.3 is 15.0 Å². The summed E-state index contributed by atoms with van der Waals surface area (Å²) in [6.45, 7) is 2.69. The molecule has 0 radical (unpaired) electrons.